The van der Waals surface area contributed by atoms with Crippen molar-refractivity contribution in [1.82, 2.24) is 0 Å². The van der Waals surface area contributed by atoms with E-state index in [2.05, 4.69) is 44.2 Å². The second kappa shape index (κ2) is 14.4. The maximum atomic E-state index is 2.31. The molecule has 0 amide bonds. The summed E-state index contributed by atoms with van der Waals surface area (Å²) in [5.41, 5.74) is 1.48. The largest absolute Gasteiger partial charge is 1.00 e. The fourth-order valence-electron chi connectivity index (χ4n) is 2.78. The van der Waals surface area contributed by atoms with E-state index in [1.165, 1.54) is 76.6 Å². The standard InChI is InChI=1S/C19H33N.ClH/c1-3-5-6-7-8-9-10-14-17-20(4-2)18-19-15-12-11-13-16-19;/h11-13,15-16H,3-10,14,17-18H2,1-2H3;1H. The third kappa shape index (κ3) is 10.8. The number of hydrogen-bond acceptors (Lipinski definition) is 0. The minimum absolute atomic E-state index is 0. The summed E-state index contributed by atoms with van der Waals surface area (Å²) >= 11 is 0. The molecule has 0 fully saturated rings. The first-order chi connectivity index (χ1) is 9.86. The van der Waals surface area contributed by atoms with Crippen LogP contribution in [0.15, 0.2) is 30.3 Å². The van der Waals surface area contributed by atoms with Gasteiger partial charge in [-0.05, 0) is 19.8 Å². The highest BCUT2D eigenvalue weighted by molar-refractivity contribution is 5.13. The Labute approximate surface area is 138 Å². The highest BCUT2D eigenvalue weighted by Gasteiger charge is 2.06. The first kappa shape index (κ1) is 20.5. The van der Waals surface area contributed by atoms with Crippen molar-refractivity contribution in [3.8, 4) is 0 Å². The summed E-state index contributed by atoms with van der Waals surface area (Å²) in [5.74, 6) is 0. The number of benzene rings is 1. The first-order valence-corrected chi connectivity index (χ1v) is 8.74. The molecule has 0 aliphatic carbocycles. The summed E-state index contributed by atoms with van der Waals surface area (Å²) in [6.07, 6.45) is 11.4. The van der Waals surface area contributed by atoms with Crippen LogP contribution in [-0.4, -0.2) is 13.1 Å². The fourth-order valence-corrected chi connectivity index (χ4v) is 2.78. The summed E-state index contributed by atoms with van der Waals surface area (Å²) in [6, 6.07) is 10.9. The van der Waals surface area contributed by atoms with Gasteiger partial charge in [0.2, 0.25) is 0 Å². The zero-order valence-corrected chi connectivity index (χ0v) is 14.8. The van der Waals surface area contributed by atoms with Gasteiger partial charge in [-0.3, -0.25) is 0 Å². The van der Waals surface area contributed by atoms with Crippen LogP contribution in [0.3, 0.4) is 0 Å². The maximum Gasteiger partial charge on any atom is 0.103 e. The molecule has 0 aromatic heterocycles. The van der Waals surface area contributed by atoms with Crippen molar-refractivity contribution >= 4 is 0 Å². The highest BCUT2D eigenvalue weighted by atomic mass is 35.5. The van der Waals surface area contributed by atoms with Crippen LogP contribution in [0.4, 0.5) is 0 Å². The second-order valence-corrected chi connectivity index (χ2v) is 5.99. The van der Waals surface area contributed by atoms with Crippen molar-refractivity contribution in [1.29, 1.82) is 0 Å². The van der Waals surface area contributed by atoms with Crippen LogP contribution >= 0.6 is 0 Å². The van der Waals surface area contributed by atoms with Gasteiger partial charge in [0.25, 0.3) is 0 Å². The van der Waals surface area contributed by atoms with Crippen molar-refractivity contribution < 1.29 is 17.3 Å². The van der Waals surface area contributed by atoms with E-state index in [9.17, 15) is 0 Å². The summed E-state index contributed by atoms with van der Waals surface area (Å²) in [7, 11) is 0. The van der Waals surface area contributed by atoms with Gasteiger partial charge in [-0.2, -0.15) is 0 Å². The highest BCUT2D eigenvalue weighted by Crippen LogP contribution is 2.07. The Morgan fingerprint density at radius 2 is 1.33 bits per heavy atom. The molecule has 0 radical (unpaired) electrons. The van der Waals surface area contributed by atoms with Gasteiger partial charge < -0.3 is 17.3 Å². The Hall–Kier alpha value is -0.530. The predicted octanol–water partition coefficient (Wildman–Crippen LogP) is 1.24. The topological polar surface area (TPSA) is 4.44 Å². The molecule has 1 unspecified atom stereocenters. The lowest BCUT2D eigenvalue weighted by atomic mass is 10.1. The minimum Gasteiger partial charge on any atom is -1.00 e. The molecule has 0 aliphatic heterocycles. The fraction of sp³-hybridized carbons (Fsp3) is 0.684. The van der Waals surface area contributed by atoms with Gasteiger partial charge in [0, 0.05) is 5.56 Å². The van der Waals surface area contributed by atoms with Gasteiger partial charge >= 0.3 is 0 Å². The molecule has 0 aliphatic rings. The zero-order valence-electron chi connectivity index (χ0n) is 14.0. The molecule has 0 bridgehead atoms. The average molecular weight is 312 g/mol. The van der Waals surface area contributed by atoms with Gasteiger partial charge in [0.05, 0.1) is 13.1 Å². The molecule has 0 saturated carbocycles. The number of hydrogen-bond donors (Lipinski definition) is 1. The van der Waals surface area contributed by atoms with E-state index in [1.54, 1.807) is 4.90 Å². The number of unbranched alkanes of at least 4 members (excludes halogenated alkanes) is 7. The lowest BCUT2D eigenvalue weighted by Crippen LogP contribution is -3.10. The Kier molecular flexibility index (Phi) is 14.0. The number of halogens is 1. The first-order valence-electron chi connectivity index (χ1n) is 8.74. The normalized spacial score (nSPS) is 11.9. The Bertz CT molecular complexity index is 313. The summed E-state index contributed by atoms with van der Waals surface area (Å²) < 4.78 is 0. The molecule has 1 aromatic rings. The Morgan fingerprint density at radius 3 is 1.90 bits per heavy atom. The van der Waals surface area contributed by atoms with E-state index in [0.29, 0.717) is 0 Å². The van der Waals surface area contributed by atoms with Gasteiger partial charge in [-0.25, -0.2) is 0 Å². The maximum absolute atomic E-state index is 2.31. The molecule has 0 spiro atoms. The summed E-state index contributed by atoms with van der Waals surface area (Å²) in [5, 5.41) is 0. The van der Waals surface area contributed by atoms with E-state index in [4.69, 9.17) is 0 Å². The van der Waals surface area contributed by atoms with E-state index >= 15 is 0 Å². The molecule has 0 heterocycles. The van der Waals surface area contributed by atoms with E-state index in [0.717, 1.165) is 0 Å². The van der Waals surface area contributed by atoms with E-state index in [1.807, 2.05) is 0 Å². The lowest BCUT2D eigenvalue weighted by molar-refractivity contribution is -0.912. The molecular weight excluding hydrogens is 278 g/mol. The van der Waals surface area contributed by atoms with Crippen LogP contribution in [0.25, 0.3) is 0 Å². The SMILES string of the molecule is CCCCCCCCCC[NH+](CC)Cc1ccccc1.[Cl-]. The van der Waals surface area contributed by atoms with Gasteiger partial charge in [0.15, 0.2) is 0 Å². The molecule has 1 nitrogen and oxygen atoms in total. The third-order valence-electron chi connectivity index (χ3n) is 4.18. The molecule has 1 rings (SSSR count). The smallest absolute Gasteiger partial charge is 0.103 e. The van der Waals surface area contributed by atoms with Crippen molar-refractivity contribution in [3.05, 3.63) is 35.9 Å². The summed E-state index contributed by atoms with van der Waals surface area (Å²) in [6.45, 7) is 8.36. The van der Waals surface area contributed by atoms with Crippen LogP contribution < -0.4 is 17.3 Å². The van der Waals surface area contributed by atoms with Crippen molar-refractivity contribution in [2.45, 2.75) is 71.8 Å². The molecule has 0 saturated heterocycles. The average Bonchev–Trinajstić information content (AvgIpc) is 2.49. The lowest BCUT2D eigenvalue weighted by Gasteiger charge is -2.17. The quantitative estimate of drug-likeness (QED) is 0.554. The minimum atomic E-state index is 0. The van der Waals surface area contributed by atoms with Gasteiger partial charge in [0.1, 0.15) is 6.54 Å². The second-order valence-electron chi connectivity index (χ2n) is 5.99. The molecule has 1 atom stereocenters. The molecule has 21 heavy (non-hydrogen) atoms. The predicted molar refractivity (Wildman–Crippen MR) is 89.1 cm³/mol. The van der Waals surface area contributed by atoms with Crippen LogP contribution in [0.5, 0.6) is 0 Å². The van der Waals surface area contributed by atoms with Crippen LogP contribution in [-0.2, 0) is 6.54 Å². The zero-order chi connectivity index (χ0) is 14.5. The van der Waals surface area contributed by atoms with E-state index in [-0.39, 0.29) is 12.4 Å². The Morgan fingerprint density at radius 1 is 0.762 bits per heavy atom. The third-order valence-corrected chi connectivity index (χ3v) is 4.18. The van der Waals surface area contributed by atoms with Gasteiger partial charge in [-0.15, -0.1) is 0 Å². The molecule has 122 valence electrons. The summed E-state index contributed by atoms with van der Waals surface area (Å²) in [4.78, 5) is 1.72. The number of rotatable bonds is 12. The van der Waals surface area contributed by atoms with E-state index < -0.39 is 0 Å². The molecule has 2 heteroatoms. The molecular formula is C19H34ClN. The molecule has 1 aromatic carbocycles. The molecule has 1 N–H and O–H groups in total. The number of nitrogens with one attached hydrogen (secondary N) is 1. The van der Waals surface area contributed by atoms with Crippen molar-refractivity contribution in [2.24, 2.45) is 0 Å². The van der Waals surface area contributed by atoms with Crippen LogP contribution in [0.1, 0.15) is 70.8 Å². The van der Waals surface area contributed by atoms with Crippen molar-refractivity contribution in [3.63, 3.8) is 0 Å². The van der Waals surface area contributed by atoms with Gasteiger partial charge in [-0.1, -0.05) is 75.8 Å². The van der Waals surface area contributed by atoms with Crippen LogP contribution in [0.2, 0.25) is 0 Å². The number of quaternary nitrogens is 1. The monoisotopic (exact) mass is 311 g/mol. The van der Waals surface area contributed by atoms with Crippen LogP contribution in [0, 0.1) is 0 Å². The van der Waals surface area contributed by atoms with Crippen molar-refractivity contribution in [2.75, 3.05) is 13.1 Å². The Balaban J connectivity index is 0.00000400.